The smallest absolute Gasteiger partial charge is 0.246 e. The molecule has 0 bridgehead atoms. The Morgan fingerprint density at radius 1 is 1.58 bits per heavy atom. The number of hydrogen-bond acceptors (Lipinski definition) is 5. The summed E-state index contributed by atoms with van der Waals surface area (Å²) in [6, 6.07) is 3.49. The Morgan fingerprint density at radius 2 is 2.50 bits per heavy atom. The van der Waals surface area contributed by atoms with Crippen molar-refractivity contribution in [1.29, 1.82) is 0 Å². The second-order valence-electron chi connectivity index (χ2n) is 5.22. The van der Waals surface area contributed by atoms with Crippen LogP contribution in [0, 0.1) is 0 Å². The van der Waals surface area contributed by atoms with Gasteiger partial charge in [-0.2, -0.15) is 0 Å². The summed E-state index contributed by atoms with van der Waals surface area (Å²) in [5.74, 6) is 0.433. The van der Waals surface area contributed by atoms with Crippen molar-refractivity contribution in [2.75, 3.05) is 26.3 Å². The summed E-state index contributed by atoms with van der Waals surface area (Å²) in [7, 11) is 0. The van der Waals surface area contributed by atoms with Crippen LogP contribution in [0.3, 0.4) is 0 Å². The summed E-state index contributed by atoms with van der Waals surface area (Å²) < 4.78 is 11.3. The second-order valence-corrected chi connectivity index (χ2v) is 5.58. The van der Waals surface area contributed by atoms with Crippen LogP contribution in [0.25, 0.3) is 6.08 Å². The zero-order chi connectivity index (χ0) is 16.8. The Labute approximate surface area is 144 Å². The molecule has 0 radical (unpaired) electrons. The van der Waals surface area contributed by atoms with E-state index in [2.05, 4.69) is 15.0 Å². The molecule has 2 aromatic rings. The molecule has 1 saturated heterocycles. The lowest BCUT2D eigenvalue weighted by Gasteiger charge is -2.32. The van der Waals surface area contributed by atoms with E-state index in [-0.39, 0.29) is 12.0 Å². The highest BCUT2D eigenvalue weighted by molar-refractivity contribution is 6.30. The number of aromatic amines is 1. The molecule has 1 aliphatic heterocycles. The van der Waals surface area contributed by atoms with Crippen molar-refractivity contribution >= 4 is 23.6 Å². The van der Waals surface area contributed by atoms with Crippen LogP contribution in [0.4, 0.5) is 0 Å². The molecule has 0 aromatic carbocycles. The van der Waals surface area contributed by atoms with Crippen LogP contribution >= 0.6 is 11.6 Å². The molecule has 0 aliphatic carbocycles. The van der Waals surface area contributed by atoms with Gasteiger partial charge in [0.25, 0.3) is 0 Å². The molecule has 8 heteroatoms. The zero-order valence-corrected chi connectivity index (χ0v) is 13.6. The molecule has 1 amide bonds. The van der Waals surface area contributed by atoms with Gasteiger partial charge in [0.1, 0.15) is 12.7 Å². The quantitative estimate of drug-likeness (QED) is 0.658. The van der Waals surface area contributed by atoms with Gasteiger partial charge >= 0.3 is 0 Å². The predicted molar refractivity (Wildman–Crippen MR) is 88.7 cm³/mol. The summed E-state index contributed by atoms with van der Waals surface area (Å²) in [4.78, 5) is 24.7. The van der Waals surface area contributed by atoms with Crippen molar-refractivity contribution in [2.24, 2.45) is 0 Å². The van der Waals surface area contributed by atoms with E-state index in [1.807, 2.05) is 0 Å². The first-order valence-electron chi connectivity index (χ1n) is 7.52. The number of rotatable bonds is 5. The summed E-state index contributed by atoms with van der Waals surface area (Å²) in [6.45, 7) is 1.79. The minimum absolute atomic E-state index is 0.0719. The Morgan fingerprint density at radius 3 is 3.29 bits per heavy atom. The van der Waals surface area contributed by atoms with Crippen LogP contribution in [-0.2, 0) is 9.53 Å². The van der Waals surface area contributed by atoms with Gasteiger partial charge in [-0.3, -0.25) is 4.79 Å². The summed E-state index contributed by atoms with van der Waals surface area (Å²) in [5.41, 5.74) is 0.780. The number of aromatic nitrogens is 3. The topological polar surface area (TPSA) is 80.3 Å². The molecule has 1 N–H and O–H groups in total. The molecule has 3 rings (SSSR count). The number of carbonyl (C=O) groups is 1. The van der Waals surface area contributed by atoms with Gasteiger partial charge in [0.05, 0.1) is 31.4 Å². The van der Waals surface area contributed by atoms with Gasteiger partial charge in [0.2, 0.25) is 5.91 Å². The van der Waals surface area contributed by atoms with Crippen molar-refractivity contribution < 1.29 is 14.3 Å². The number of carbonyl (C=O) groups excluding carboxylic acids is 1. The van der Waals surface area contributed by atoms with Gasteiger partial charge in [0, 0.05) is 18.8 Å². The van der Waals surface area contributed by atoms with Gasteiger partial charge in [-0.05, 0) is 18.2 Å². The van der Waals surface area contributed by atoms with Crippen LogP contribution in [0.5, 0.6) is 5.75 Å². The van der Waals surface area contributed by atoms with Crippen molar-refractivity contribution in [3.63, 3.8) is 0 Å². The molecular weight excluding hydrogens is 332 g/mol. The van der Waals surface area contributed by atoms with Crippen LogP contribution in [0.15, 0.2) is 36.9 Å². The zero-order valence-electron chi connectivity index (χ0n) is 12.9. The fraction of sp³-hybridized carbons (Fsp3) is 0.312. The summed E-state index contributed by atoms with van der Waals surface area (Å²) >= 11 is 5.95. The van der Waals surface area contributed by atoms with Crippen molar-refractivity contribution in [3.05, 3.63) is 47.8 Å². The highest BCUT2D eigenvalue weighted by Crippen LogP contribution is 2.21. The Kier molecular flexibility index (Phi) is 5.45. The first-order valence-corrected chi connectivity index (χ1v) is 7.90. The molecule has 1 fully saturated rings. The third-order valence-electron chi connectivity index (χ3n) is 3.52. The average molecular weight is 349 g/mol. The lowest BCUT2D eigenvalue weighted by molar-refractivity contribution is -0.134. The maximum absolute atomic E-state index is 12.2. The number of pyridine rings is 1. The summed E-state index contributed by atoms with van der Waals surface area (Å²) in [5, 5.41) is 0.309. The number of nitrogens with one attached hydrogen (secondary N) is 1. The number of H-pyrrole nitrogens is 1. The molecule has 24 heavy (non-hydrogen) atoms. The lowest BCUT2D eigenvalue weighted by Crippen LogP contribution is -2.47. The van der Waals surface area contributed by atoms with Gasteiger partial charge in [0.15, 0.2) is 10.9 Å². The molecule has 0 spiro atoms. The number of ether oxygens (including phenoxy) is 2. The number of halogens is 1. The second kappa shape index (κ2) is 7.94. The molecule has 126 valence electrons. The molecule has 0 saturated carbocycles. The number of amides is 1. The fourth-order valence-electron chi connectivity index (χ4n) is 2.31. The predicted octanol–water partition coefficient (Wildman–Crippen LogP) is 1.78. The van der Waals surface area contributed by atoms with Crippen LogP contribution in [0.1, 0.15) is 5.69 Å². The highest BCUT2D eigenvalue weighted by atomic mass is 35.5. The normalized spacial score (nSPS) is 18.0. The standard InChI is InChI=1S/C16H17ClN4O3/c17-16-14(2-1-5-19-16)24-10-13-9-21(6-7-23-13)15(22)4-3-12-8-18-11-20-12/h1-5,8,11,13H,6-7,9-10H2,(H,18,20)/b4-3+. The number of imidazole rings is 1. The molecule has 7 nitrogen and oxygen atoms in total. The average Bonchev–Trinajstić information content (AvgIpc) is 3.13. The molecule has 2 aromatic heterocycles. The maximum Gasteiger partial charge on any atom is 0.246 e. The van der Waals surface area contributed by atoms with Gasteiger partial charge in [-0.15, -0.1) is 0 Å². The first-order chi connectivity index (χ1) is 11.7. The fourth-order valence-corrected chi connectivity index (χ4v) is 2.48. The molecule has 1 aliphatic rings. The van der Waals surface area contributed by atoms with Gasteiger partial charge < -0.3 is 19.4 Å². The SMILES string of the molecule is O=C(/C=C/c1cnc[nH]1)N1CCOC(COc2cccnc2Cl)C1. The Bertz CT molecular complexity index is 705. The number of nitrogens with zero attached hydrogens (tertiary/aromatic N) is 3. The van der Waals surface area contributed by atoms with Crippen LogP contribution in [0.2, 0.25) is 5.15 Å². The maximum atomic E-state index is 12.2. The largest absolute Gasteiger partial charge is 0.488 e. The summed E-state index contributed by atoms with van der Waals surface area (Å²) in [6.07, 6.45) is 7.83. The van der Waals surface area contributed by atoms with Crippen molar-refractivity contribution in [3.8, 4) is 5.75 Å². The van der Waals surface area contributed by atoms with Crippen molar-refractivity contribution in [1.82, 2.24) is 19.9 Å². The minimum atomic E-state index is -0.209. The van der Waals surface area contributed by atoms with E-state index in [0.29, 0.717) is 37.2 Å². The number of hydrogen-bond donors (Lipinski definition) is 1. The molecule has 1 atom stereocenters. The highest BCUT2D eigenvalue weighted by Gasteiger charge is 2.23. The minimum Gasteiger partial charge on any atom is -0.488 e. The van der Waals surface area contributed by atoms with Crippen LogP contribution in [-0.4, -0.2) is 58.2 Å². The van der Waals surface area contributed by atoms with E-state index in [0.717, 1.165) is 5.69 Å². The van der Waals surface area contributed by atoms with E-state index in [1.54, 1.807) is 41.8 Å². The molecule has 3 heterocycles. The van der Waals surface area contributed by atoms with Gasteiger partial charge in [-0.1, -0.05) is 11.6 Å². The Hall–Kier alpha value is -2.38. The lowest BCUT2D eigenvalue weighted by atomic mass is 10.2. The van der Waals surface area contributed by atoms with Crippen molar-refractivity contribution in [2.45, 2.75) is 6.10 Å². The number of morpholine rings is 1. The van der Waals surface area contributed by atoms with E-state index >= 15 is 0 Å². The van der Waals surface area contributed by atoms with Gasteiger partial charge in [-0.25, -0.2) is 9.97 Å². The van der Waals surface area contributed by atoms with E-state index in [9.17, 15) is 4.79 Å². The Balaban J connectivity index is 1.52. The third-order valence-corrected chi connectivity index (χ3v) is 3.81. The monoisotopic (exact) mass is 348 g/mol. The van der Waals surface area contributed by atoms with E-state index in [4.69, 9.17) is 21.1 Å². The molecular formula is C16H17ClN4O3. The van der Waals surface area contributed by atoms with Crippen LogP contribution < -0.4 is 4.74 Å². The first kappa shape index (κ1) is 16.5. The molecule has 1 unspecified atom stereocenters. The van der Waals surface area contributed by atoms with E-state index < -0.39 is 0 Å². The van der Waals surface area contributed by atoms with E-state index in [1.165, 1.54) is 6.08 Å². The third kappa shape index (κ3) is 4.33.